The number of carbonyl (C=O) groups excluding carboxylic acids is 1. The molecule has 2 rings (SSSR count). The summed E-state index contributed by atoms with van der Waals surface area (Å²) in [4.78, 5) is 12.3. The smallest absolute Gasteiger partial charge is 0.271 e. The molecule has 0 saturated carbocycles. The molecular formula is C11H9F3N4OS. The van der Waals surface area contributed by atoms with Crippen LogP contribution in [0.4, 0.5) is 13.2 Å². The summed E-state index contributed by atoms with van der Waals surface area (Å²) in [6, 6.07) is 4.45. The summed E-state index contributed by atoms with van der Waals surface area (Å²) in [5.74, 6) is -0.561. The first-order chi connectivity index (χ1) is 9.45. The van der Waals surface area contributed by atoms with E-state index in [9.17, 15) is 18.0 Å². The molecule has 106 valence electrons. The lowest BCUT2D eigenvalue weighted by Gasteiger charge is -2.02. The van der Waals surface area contributed by atoms with Crippen molar-refractivity contribution >= 4 is 23.5 Å². The number of thiophene rings is 1. The molecule has 0 saturated heterocycles. The molecule has 0 atom stereocenters. The summed E-state index contributed by atoms with van der Waals surface area (Å²) in [7, 11) is 0. The Balaban J connectivity index is 1.87. The van der Waals surface area contributed by atoms with Crippen LogP contribution in [-0.2, 0) is 17.5 Å². The maximum Gasteiger partial charge on any atom is 0.435 e. The fourth-order valence-corrected chi connectivity index (χ4v) is 1.90. The summed E-state index contributed by atoms with van der Waals surface area (Å²) >= 11 is 1.44. The van der Waals surface area contributed by atoms with Gasteiger partial charge in [-0.3, -0.25) is 9.48 Å². The standard InChI is InChI=1S/C11H9F3N4OS/c12-11(13,14)9-3-4-18(17-9)7-10(19)16-15-6-8-2-1-5-20-8/h1-6H,7H2,(H,16,19). The van der Waals surface area contributed by atoms with E-state index in [1.165, 1.54) is 17.6 Å². The van der Waals surface area contributed by atoms with Crippen LogP contribution < -0.4 is 5.43 Å². The van der Waals surface area contributed by atoms with Gasteiger partial charge in [-0.25, -0.2) is 5.43 Å². The van der Waals surface area contributed by atoms with Gasteiger partial charge in [0, 0.05) is 11.1 Å². The van der Waals surface area contributed by atoms with Crippen molar-refractivity contribution in [3.8, 4) is 0 Å². The molecule has 0 aromatic carbocycles. The molecule has 0 bridgehead atoms. The number of nitrogens with one attached hydrogen (secondary N) is 1. The van der Waals surface area contributed by atoms with Gasteiger partial charge in [0.15, 0.2) is 5.69 Å². The van der Waals surface area contributed by atoms with Crippen LogP contribution in [0.15, 0.2) is 34.9 Å². The van der Waals surface area contributed by atoms with E-state index >= 15 is 0 Å². The Labute approximate surface area is 115 Å². The predicted octanol–water partition coefficient (Wildman–Crippen LogP) is 2.11. The number of aromatic nitrogens is 2. The summed E-state index contributed by atoms with van der Waals surface area (Å²) in [6.45, 7) is -0.335. The Kier molecular flexibility index (Phi) is 4.18. The van der Waals surface area contributed by atoms with E-state index in [0.717, 1.165) is 21.8 Å². The normalized spacial score (nSPS) is 11.9. The van der Waals surface area contributed by atoms with Crippen LogP contribution in [0.2, 0.25) is 0 Å². The average Bonchev–Trinajstić information content (AvgIpc) is 2.98. The summed E-state index contributed by atoms with van der Waals surface area (Å²) in [5, 5.41) is 8.80. The van der Waals surface area contributed by atoms with Crippen LogP contribution in [0.25, 0.3) is 0 Å². The molecule has 1 amide bonds. The number of nitrogens with zero attached hydrogens (tertiary/aromatic N) is 3. The molecule has 0 aliphatic rings. The minimum Gasteiger partial charge on any atom is -0.271 e. The van der Waals surface area contributed by atoms with E-state index in [4.69, 9.17) is 0 Å². The zero-order valence-corrected chi connectivity index (χ0v) is 10.8. The monoisotopic (exact) mass is 302 g/mol. The average molecular weight is 302 g/mol. The molecule has 2 heterocycles. The Hall–Kier alpha value is -2.16. The summed E-state index contributed by atoms with van der Waals surface area (Å²) < 4.78 is 37.8. The number of rotatable bonds is 4. The molecule has 20 heavy (non-hydrogen) atoms. The molecule has 0 aliphatic carbocycles. The van der Waals surface area contributed by atoms with Crippen LogP contribution in [0.5, 0.6) is 0 Å². The van der Waals surface area contributed by atoms with Crippen LogP contribution in [-0.4, -0.2) is 21.9 Å². The lowest BCUT2D eigenvalue weighted by atomic mass is 10.4. The highest BCUT2D eigenvalue weighted by atomic mass is 32.1. The van der Waals surface area contributed by atoms with Gasteiger partial charge in [-0.15, -0.1) is 11.3 Å². The predicted molar refractivity (Wildman–Crippen MR) is 67.3 cm³/mol. The SMILES string of the molecule is O=C(Cn1ccc(C(F)(F)F)n1)NN=Cc1cccs1. The van der Waals surface area contributed by atoms with Crippen molar-refractivity contribution < 1.29 is 18.0 Å². The second kappa shape index (κ2) is 5.87. The fourth-order valence-electron chi connectivity index (χ4n) is 1.32. The van der Waals surface area contributed by atoms with Gasteiger partial charge >= 0.3 is 6.18 Å². The molecule has 0 radical (unpaired) electrons. The lowest BCUT2D eigenvalue weighted by Crippen LogP contribution is -2.23. The van der Waals surface area contributed by atoms with Crippen LogP contribution >= 0.6 is 11.3 Å². The number of amides is 1. The van der Waals surface area contributed by atoms with Crippen molar-refractivity contribution in [2.24, 2.45) is 5.10 Å². The Morgan fingerprint density at radius 2 is 2.30 bits per heavy atom. The molecular weight excluding hydrogens is 293 g/mol. The van der Waals surface area contributed by atoms with Gasteiger partial charge in [-0.1, -0.05) is 6.07 Å². The van der Waals surface area contributed by atoms with Crippen molar-refractivity contribution in [2.75, 3.05) is 0 Å². The second-order valence-electron chi connectivity index (χ2n) is 3.70. The molecule has 9 heteroatoms. The Bertz CT molecular complexity index is 603. The number of hydrazone groups is 1. The third kappa shape index (κ3) is 3.92. The molecule has 1 N–H and O–H groups in total. The first-order valence-electron chi connectivity index (χ1n) is 5.41. The maximum atomic E-state index is 12.3. The molecule has 2 aromatic rings. The van der Waals surface area contributed by atoms with Crippen molar-refractivity contribution in [1.82, 2.24) is 15.2 Å². The van der Waals surface area contributed by atoms with E-state index in [-0.39, 0.29) is 6.54 Å². The van der Waals surface area contributed by atoms with E-state index in [1.54, 1.807) is 0 Å². The molecule has 0 aliphatic heterocycles. The zero-order valence-electron chi connectivity index (χ0n) is 9.96. The van der Waals surface area contributed by atoms with E-state index < -0.39 is 17.8 Å². The van der Waals surface area contributed by atoms with E-state index in [2.05, 4.69) is 15.6 Å². The second-order valence-corrected chi connectivity index (χ2v) is 4.68. The third-order valence-electron chi connectivity index (χ3n) is 2.16. The van der Waals surface area contributed by atoms with Crippen molar-refractivity contribution in [3.05, 3.63) is 40.3 Å². The van der Waals surface area contributed by atoms with Crippen molar-refractivity contribution in [2.45, 2.75) is 12.7 Å². The van der Waals surface area contributed by atoms with Crippen molar-refractivity contribution in [1.29, 1.82) is 0 Å². The van der Waals surface area contributed by atoms with Gasteiger partial charge < -0.3 is 0 Å². The molecule has 2 aromatic heterocycles. The first kappa shape index (κ1) is 14.3. The summed E-state index contributed by atoms with van der Waals surface area (Å²) in [6.07, 6.45) is -1.97. The summed E-state index contributed by atoms with van der Waals surface area (Å²) in [5.41, 5.74) is 1.18. The number of halogens is 3. The highest BCUT2D eigenvalue weighted by Crippen LogP contribution is 2.27. The molecule has 0 fully saturated rings. The third-order valence-corrected chi connectivity index (χ3v) is 2.97. The molecule has 0 spiro atoms. The van der Waals surface area contributed by atoms with Gasteiger partial charge in [0.2, 0.25) is 0 Å². The molecule has 0 unspecified atom stereocenters. The van der Waals surface area contributed by atoms with Crippen molar-refractivity contribution in [3.63, 3.8) is 0 Å². The molecule has 5 nitrogen and oxygen atoms in total. The van der Waals surface area contributed by atoms with Crippen LogP contribution in [0.3, 0.4) is 0 Å². The Morgan fingerprint density at radius 3 is 2.90 bits per heavy atom. The highest BCUT2D eigenvalue weighted by molar-refractivity contribution is 7.11. The van der Waals surface area contributed by atoms with E-state index in [0.29, 0.717) is 0 Å². The topological polar surface area (TPSA) is 59.3 Å². The number of carbonyl (C=O) groups is 1. The van der Waals surface area contributed by atoms with Gasteiger partial charge in [-0.05, 0) is 17.5 Å². The highest BCUT2D eigenvalue weighted by Gasteiger charge is 2.33. The van der Waals surface area contributed by atoms with E-state index in [1.807, 2.05) is 17.5 Å². The van der Waals surface area contributed by atoms with Crippen LogP contribution in [0, 0.1) is 0 Å². The maximum absolute atomic E-state index is 12.3. The minimum absolute atomic E-state index is 0.335. The lowest BCUT2D eigenvalue weighted by molar-refractivity contribution is -0.141. The van der Waals surface area contributed by atoms with Crippen LogP contribution in [0.1, 0.15) is 10.6 Å². The van der Waals surface area contributed by atoms with Gasteiger partial charge in [0.05, 0.1) is 6.21 Å². The Morgan fingerprint density at radius 1 is 1.50 bits per heavy atom. The number of hydrogen-bond donors (Lipinski definition) is 1. The van der Waals surface area contributed by atoms with Gasteiger partial charge in [0.25, 0.3) is 5.91 Å². The van der Waals surface area contributed by atoms with Gasteiger partial charge in [-0.2, -0.15) is 23.4 Å². The number of alkyl halides is 3. The number of hydrogen-bond acceptors (Lipinski definition) is 4. The fraction of sp³-hybridized carbons (Fsp3) is 0.182. The quantitative estimate of drug-likeness (QED) is 0.694. The largest absolute Gasteiger partial charge is 0.435 e. The first-order valence-corrected chi connectivity index (χ1v) is 6.29. The zero-order chi connectivity index (χ0) is 14.6. The minimum atomic E-state index is -4.51. The van der Waals surface area contributed by atoms with Gasteiger partial charge in [0.1, 0.15) is 6.54 Å².